The van der Waals surface area contributed by atoms with E-state index < -0.39 is 6.04 Å². The summed E-state index contributed by atoms with van der Waals surface area (Å²) in [5, 5.41) is 11.0. The molecule has 0 saturated carbocycles. The van der Waals surface area contributed by atoms with E-state index in [1.54, 1.807) is 6.07 Å². The van der Waals surface area contributed by atoms with Crippen molar-refractivity contribution in [2.45, 2.75) is 26.3 Å². The van der Waals surface area contributed by atoms with E-state index in [0.717, 1.165) is 39.1 Å². The van der Waals surface area contributed by atoms with Gasteiger partial charge < -0.3 is 20.9 Å². The van der Waals surface area contributed by atoms with Gasteiger partial charge in [-0.05, 0) is 30.3 Å². The van der Waals surface area contributed by atoms with Gasteiger partial charge in [0.25, 0.3) is 5.91 Å². The lowest BCUT2D eigenvalue weighted by Crippen LogP contribution is -2.50. The SMILES string of the molecule is CC(C)C(NC(=O)c1cccs1)C(=O)NCCCN1CCNCC1. The summed E-state index contributed by atoms with van der Waals surface area (Å²) in [5.41, 5.74) is 0. The Morgan fingerprint density at radius 1 is 1.33 bits per heavy atom. The second kappa shape index (κ2) is 9.76. The van der Waals surface area contributed by atoms with E-state index in [1.165, 1.54) is 11.3 Å². The molecular weight excluding hydrogens is 324 g/mol. The molecule has 0 aromatic carbocycles. The Bertz CT molecular complexity index is 513. The van der Waals surface area contributed by atoms with Crippen LogP contribution in [-0.2, 0) is 4.79 Å². The third-order valence-corrected chi connectivity index (χ3v) is 5.01. The molecule has 24 heavy (non-hydrogen) atoms. The number of amides is 2. The third-order valence-electron chi connectivity index (χ3n) is 4.14. The lowest BCUT2D eigenvalue weighted by Gasteiger charge is -2.27. The third kappa shape index (κ3) is 5.89. The number of nitrogens with one attached hydrogen (secondary N) is 3. The molecule has 3 N–H and O–H groups in total. The molecule has 7 heteroatoms. The van der Waals surface area contributed by atoms with Crippen molar-refractivity contribution in [1.82, 2.24) is 20.9 Å². The molecule has 2 heterocycles. The maximum absolute atomic E-state index is 12.4. The fourth-order valence-corrected chi connectivity index (χ4v) is 3.34. The summed E-state index contributed by atoms with van der Waals surface area (Å²) in [6, 6.07) is 3.10. The summed E-state index contributed by atoms with van der Waals surface area (Å²) < 4.78 is 0. The molecule has 0 radical (unpaired) electrons. The average Bonchev–Trinajstić information content (AvgIpc) is 3.11. The van der Waals surface area contributed by atoms with Crippen LogP contribution in [0.5, 0.6) is 0 Å². The van der Waals surface area contributed by atoms with Gasteiger partial charge in [-0.3, -0.25) is 9.59 Å². The number of thiophene rings is 1. The topological polar surface area (TPSA) is 73.5 Å². The van der Waals surface area contributed by atoms with Gasteiger partial charge in [-0.1, -0.05) is 19.9 Å². The Balaban J connectivity index is 1.73. The van der Waals surface area contributed by atoms with Crippen molar-refractivity contribution in [1.29, 1.82) is 0 Å². The number of piperazine rings is 1. The summed E-state index contributed by atoms with van der Waals surface area (Å²) in [5.74, 6) is -0.239. The van der Waals surface area contributed by atoms with Crippen LogP contribution in [0.2, 0.25) is 0 Å². The summed E-state index contributed by atoms with van der Waals surface area (Å²) >= 11 is 1.38. The number of nitrogens with zero attached hydrogens (tertiary/aromatic N) is 1. The Labute approximate surface area is 148 Å². The van der Waals surface area contributed by atoms with E-state index in [2.05, 4.69) is 20.9 Å². The predicted octanol–water partition coefficient (Wildman–Crippen LogP) is 0.914. The molecule has 1 aliphatic rings. The summed E-state index contributed by atoms with van der Waals surface area (Å²) in [4.78, 5) is 27.6. The number of hydrogen-bond donors (Lipinski definition) is 3. The first-order chi connectivity index (χ1) is 11.6. The van der Waals surface area contributed by atoms with E-state index in [1.807, 2.05) is 25.3 Å². The van der Waals surface area contributed by atoms with Crippen molar-refractivity contribution < 1.29 is 9.59 Å². The van der Waals surface area contributed by atoms with Crippen LogP contribution in [0, 0.1) is 5.92 Å². The van der Waals surface area contributed by atoms with E-state index in [9.17, 15) is 9.59 Å². The predicted molar refractivity (Wildman–Crippen MR) is 97.3 cm³/mol. The zero-order valence-electron chi connectivity index (χ0n) is 14.5. The highest BCUT2D eigenvalue weighted by molar-refractivity contribution is 7.12. The zero-order valence-corrected chi connectivity index (χ0v) is 15.3. The molecule has 6 nitrogen and oxygen atoms in total. The molecule has 1 aliphatic heterocycles. The fourth-order valence-electron chi connectivity index (χ4n) is 2.71. The second-order valence-electron chi connectivity index (χ2n) is 6.41. The Hall–Kier alpha value is -1.44. The van der Waals surface area contributed by atoms with E-state index in [4.69, 9.17) is 0 Å². The molecule has 1 fully saturated rings. The van der Waals surface area contributed by atoms with Crippen LogP contribution < -0.4 is 16.0 Å². The van der Waals surface area contributed by atoms with E-state index in [-0.39, 0.29) is 17.7 Å². The van der Waals surface area contributed by atoms with Gasteiger partial charge in [-0.15, -0.1) is 11.3 Å². The van der Waals surface area contributed by atoms with Crippen LogP contribution >= 0.6 is 11.3 Å². The molecular formula is C17H28N4O2S. The van der Waals surface area contributed by atoms with Crippen molar-refractivity contribution in [3.8, 4) is 0 Å². The normalized spacial score (nSPS) is 16.8. The molecule has 0 spiro atoms. The van der Waals surface area contributed by atoms with Crippen LogP contribution in [0.3, 0.4) is 0 Å². The maximum atomic E-state index is 12.4. The highest BCUT2D eigenvalue weighted by atomic mass is 32.1. The van der Waals surface area contributed by atoms with E-state index >= 15 is 0 Å². The Morgan fingerprint density at radius 3 is 2.71 bits per heavy atom. The lowest BCUT2D eigenvalue weighted by atomic mass is 10.0. The highest BCUT2D eigenvalue weighted by Gasteiger charge is 2.24. The van der Waals surface area contributed by atoms with Crippen LogP contribution in [0.25, 0.3) is 0 Å². The molecule has 1 aromatic rings. The van der Waals surface area contributed by atoms with Crippen LogP contribution in [0.1, 0.15) is 29.9 Å². The molecule has 2 amide bonds. The van der Waals surface area contributed by atoms with Crippen LogP contribution in [-0.4, -0.2) is 62.0 Å². The summed E-state index contributed by atoms with van der Waals surface area (Å²) in [6.07, 6.45) is 0.926. The smallest absolute Gasteiger partial charge is 0.262 e. The van der Waals surface area contributed by atoms with Gasteiger partial charge in [-0.2, -0.15) is 0 Å². The van der Waals surface area contributed by atoms with Gasteiger partial charge in [0.15, 0.2) is 0 Å². The summed E-state index contributed by atoms with van der Waals surface area (Å²) in [7, 11) is 0. The number of carbonyl (C=O) groups excluding carboxylic acids is 2. The number of hydrogen-bond acceptors (Lipinski definition) is 5. The fraction of sp³-hybridized carbons (Fsp3) is 0.647. The number of carbonyl (C=O) groups is 2. The van der Waals surface area contributed by atoms with Crippen molar-refractivity contribution in [3.05, 3.63) is 22.4 Å². The van der Waals surface area contributed by atoms with Crippen LogP contribution in [0.4, 0.5) is 0 Å². The first kappa shape index (κ1) is 18.9. The Morgan fingerprint density at radius 2 is 2.08 bits per heavy atom. The van der Waals surface area contributed by atoms with Crippen molar-refractivity contribution in [2.24, 2.45) is 5.92 Å². The van der Waals surface area contributed by atoms with Crippen molar-refractivity contribution in [3.63, 3.8) is 0 Å². The molecule has 0 aliphatic carbocycles. The minimum Gasteiger partial charge on any atom is -0.354 e. The largest absolute Gasteiger partial charge is 0.354 e. The minimum absolute atomic E-state index is 0.0436. The zero-order chi connectivity index (χ0) is 17.4. The summed E-state index contributed by atoms with van der Waals surface area (Å²) in [6.45, 7) is 9.74. The van der Waals surface area contributed by atoms with Gasteiger partial charge >= 0.3 is 0 Å². The molecule has 1 aromatic heterocycles. The standard InChI is InChI=1S/C17H28N4O2S/c1-13(2)15(20-16(22)14-5-3-12-24-14)17(23)19-6-4-9-21-10-7-18-8-11-21/h3,5,12-13,15,18H,4,6-11H2,1-2H3,(H,19,23)(H,20,22). The molecule has 0 bridgehead atoms. The quantitative estimate of drug-likeness (QED) is 0.608. The molecule has 134 valence electrons. The maximum Gasteiger partial charge on any atom is 0.262 e. The average molecular weight is 353 g/mol. The number of rotatable bonds is 8. The van der Waals surface area contributed by atoms with Gasteiger partial charge in [0, 0.05) is 32.7 Å². The minimum atomic E-state index is -0.501. The van der Waals surface area contributed by atoms with Gasteiger partial charge in [0.05, 0.1) is 4.88 Å². The molecule has 1 unspecified atom stereocenters. The lowest BCUT2D eigenvalue weighted by molar-refractivity contribution is -0.123. The van der Waals surface area contributed by atoms with Crippen molar-refractivity contribution >= 4 is 23.2 Å². The van der Waals surface area contributed by atoms with Crippen molar-refractivity contribution in [2.75, 3.05) is 39.3 Å². The Kier molecular flexibility index (Phi) is 7.68. The van der Waals surface area contributed by atoms with Gasteiger partial charge in [-0.25, -0.2) is 0 Å². The highest BCUT2D eigenvalue weighted by Crippen LogP contribution is 2.10. The van der Waals surface area contributed by atoms with Gasteiger partial charge in [0.1, 0.15) is 6.04 Å². The molecule has 1 saturated heterocycles. The monoisotopic (exact) mass is 352 g/mol. The molecule has 1 atom stereocenters. The van der Waals surface area contributed by atoms with Crippen LogP contribution in [0.15, 0.2) is 17.5 Å². The van der Waals surface area contributed by atoms with E-state index in [0.29, 0.717) is 11.4 Å². The first-order valence-corrected chi connectivity index (χ1v) is 9.51. The first-order valence-electron chi connectivity index (χ1n) is 8.63. The van der Waals surface area contributed by atoms with Gasteiger partial charge in [0.2, 0.25) is 5.91 Å². The molecule has 2 rings (SSSR count). The second-order valence-corrected chi connectivity index (χ2v) is 7.36.